The second-order valence-electron chi connectivity index (χ2n) is 6.87. The summed E-state index contributed by atoms with van der Waals surface area (Å²) in [6.45, 7) is 4.58. The molecule has 1 atom stereocenters. The predicted octanol–water partition coefficient (Wildman–Crippen LogP) is 4.00. The van der Waals surface area contributed by atoms with Gasteiger partial charge in [0.1, 0.15) is 11.4 Å². The maximum absolute atomic E-state index is 13.2. The molecule has 0 spiro atoms. The van der Waals surface area contributed by atoms with E-state index in [1.807, 2.05) is 13.8 Å². The molecular formula is C20H23FN2O2. The number of rotatable bonds is 3. The topological polar surface area (TPSA) is 53.2 Å². The van der Waals surface area contributed by atoms with Gasteiger partial charge in [-0.2, -0.15) is 0 Å². The molecule has 2 aromatic rings. The number of hydrogen-bond donors (Lipinski definition) is 1. The van der Waals surface area contributed by atoms with Crippen molar-refractivity contribution in [2.75, 3.05) is 6.54 Å². The van der Waals surface area contributed by atoms with E-state index >= 15 is 0 Å². The number of benzene rings is 1. The Bertz CT molecular complexity index is 811. The number of aromatic amines is 1. The Hall–Kier alpha value is -2.43. The molecule has 25 heavy (non-hydrogen) atoms. The molecule has 1 aliphatic rings. The molecule has 5 heteroatoms. The minimum atomic E-state index is -0.348. The van der Waals surface area contributed by atoms with Crippen LogP contribution in [0.1, 0.15) is 66.7 Å². The van der Waals surface area contributed by atoms with Crippen molar-refractivity contribution < 1.29 is 9.18 Å². The number of H-pyrrole nitrogens is 1. The molecule has 0 unspecified atom stereocenters. The van der Waals surface area contributed by atoms with Gasteiger partial charge in [0, 0.05) is 12.2 Å². The van der Waals surface area contributed by atoms with Gasteiger partial charge < -0.3 is 9.88 Å². The first-order chi connectivity index (χ1) is 12.0. The van der Waals surface area contributed by atoms with Crippen molar-refractivity contribution in [1.82, 2.24) is 9.88 Å². The predicted molar refractivity (Wildman–Crippen MR) is 95.2 cm³/mol. The smallest absolute Gasteiger partial charge is 0.261 e. The van der Waals surface area contributed by atoms with Crippen molar-refractivity contribution >= 4 is 5.91 Å². The molecule has 2 heterocycles. The Morgan fingerprint density at radius 2 is 1.88 bits per heavy atom. The summed E-state index contributed by atoms with van der Waals surface area (Å²) in [6.07, 6.45) is 2.74. The molecule has 1 fully saturated rings. The van der Waals surface area contributed by atoms with Crippen molar-refractivity contribution in [3.8, 4) is 0 Å². The third-order valence-corrected chi connectivity index (χ3v) is 4.80. The number of piperidine rings is 1. The van der Waals surface area contributed by atoms with Gasteiger partial charge in [-0.15, -0.1) is 0 Å². The first-order valence-corrected chi connectivity index (χ1v) is 8.77. The van der Waals surface area contributed by atoms with Gasteiger partial charge in [0.15, 0.2) is 0 Å². The lowest BCUT2D eigenvalue weighted by Gasteiger charge is -2.36. The van der Waals surface area contributed by atoms with Gasteiger partial charge in [0.25, 0.3) is 11.5 Å². The first kappa shape index (κ1) is 17.4. The number of amides is 1. The van der Waals surface area contributed by atoms with E-state index in [2.05, 4.69) is 4.98 Å². The van der Waals surface area contributed by atoms with E-state index in [1.54, 1.807) is 29.2 Å². The fourth-order valence-electron chi connectivity index (χ4n) is 3.35. The highest BCUT2D eigenvalue weighted by molar-refractivity contribution is 5.94. The number of aromatic nitrogens is 1. The van der Waals surface area contributed by atoms with Crippen molar-refractivity contribution in [2.24, 2.45) is 0 Å². The van der Waals surface area contributed by atoms with Gasteiger partial charge in [-0.25, -0.2) is 4.39 Å². The van der Waals surface area contributed by atoms with Crippen LogP contribution in [-0.2, 0) is 0 Å². The Kier molecular flexibility index (Phi) is 5.02. The lowest BCUT2D eigenvalue weighted by molar-refractivity contribution is 0.0609. The van der Waals surface area contributed by atoms with Crippen LogP contribution in [0.5, 0.6) is 0 Å². The molecule has 0 radical (unpaired) electrons. The molecule has 0 aliphatic carbocycles. The molecule has 1 aromatic carbocycles. The van der Waals surface area contributed by atoms with Crippen molar-refractivity contribution in [3.63, 3.8) is 0 Å². The molecule has 1 N–H and O–H groups in total. The van der Waals surface area contributed by atoms with Crippen LogP contribution in [0.4, 0.5) is 4.39 Å². The zero-order chi connectivity index (χ0) is 18.0. The molecule has 1 amide bonds. The third-order valence-electron chi connectivity index (χ3n) is 4.80. The van der Waals surface area contributed by atoms with E-state index in [4.69, 9.17) is 0 Å². The van der Waals surface area contributed by atoms with E-state index < -0.39 is 0 Å². The fraction of sp³-hybridized carbons (Fsp3) is 0.400. The van der Waals surface area contributed by atoms with E-state index in [-0.39, 0.29) is 34.8 Å². The lowest BCUT2D eigenvalue weighted by atomic mass is 9.94. The largest absolute Gasteiger partial charge is 0.331 e. The van der Waals surface area contributed by atoms with E-state index in [1.165, 1.54) is 12.1 Å². The van der Waals surface area contributed by atoms with Gasteiger partial charge in [0.2, 0.25) is 0 Å². The molecule has 132 valence electrons. The normalized spacial score (nSPS) is 17.8. The average Bonchev–Trinajstić information content (AvgIpc) is 2.61. The zero-order valence-electron chi connectivity index (χ0n) is 14.6. The molecule has 1 saturated heterocycles. The highest BCUT2D eigenvalue weighted by atomic mass is 19.1. The third kappa shape index (κ3) is 3.65. The SMILES string of the molecule is CC(C)c1ccc(C(=O)N2CCCC[C@H]2c2ccc(F)cc2)c(=O)[nH]1. The molecular weight excluding hydrogens is 319 g/mol. The summed E-state index contributed by atoms with van der Waals surface area (Å²) >= 11 is 0. The summed E-state index contributed by atoms with van der Waals surface area (Å²) in [4.78, 5) is 29.9. The van der Waals surface area contributed by atoms with E-state index in [0.717, 1.165) is 30.5 Å². The lowest BCUT2D eigenvalue weighted by Crippen LogP contribution is -2.40. The van der Waals surface area contributed by atoms with Crippen LogP contribution in [0.25, 0.3) is 0 Å². The second-order valence-corrected chi connectivity index (χ2v) is 6.87. The van der Waals surface area contributed by atoms with Crippen molar-refractivity contribution in [2.45, 2.75) is 45.1 Å². The maximum Gasteiger partial charge on any atom is 0.261 e. The summed E-state index contributed by atoms with van der Waals surface area (Å²) in [6, 6.07) is 9.57. The number of halogens is 1. The van der Waals surface area contributed by atoms with Crippen LogP contribution >= 0.6 is 0 Å². The van der Waals surface area contributed by atoms with Crippen LogP contribution in [0, 0.1) is 5.82 Å². The fourth-order valence-corrected chi connectivity index (χ4v) is 3.35. The molecule has 1 aliphatic heterocycles. The van der Waals surface area contributed by atoms with Crippen molar-refractivity contribution in [3.05, 3.63) is 69.4 Å². The summed E-state index contributed by atoms with van der Waals surface area (Å²) in [5, 5.41) is 0. The monoisotopic (exact) mass is 342 g/mol. The van der Waals surface area contributed by atoms with Crippen LogP contribution in [0.3, 0.4) is 0 Å². The maximum atomic E-state index is 13.2. The van der Waals surface area contributed by atoms with Gasteiger partial charge >= 0.3 is 0 Å². The number of carbonyl (C=O) groups is 1. The summed E-state index contributed by atoms with van der Waals surface area (Å²) in [5.41, 5.74) is 1.54. The van der Waals surface area contributed by atoms with Crippen LogP contribution < -0.4 is 5.56 Å². The average molecular weight is 342 g/mol. The quantitative estimate of drug-likeness (QED) is 0.916. The number of likely N-dealkylation sites (tertiary alicyclic amines) is 1. The van der Waals surface area contributed by atoms with E-state index in [0.29, 0.717) is 6.54 Å². The molecule has 0 bridgehead atoms. The molecule has 0 saturated carbocycles. The summed E-state index contributed by atoms with van der Waals surface area (Å²) in [7, 11) is 0. The van der Waals surface area contributed by atoms with Gasteiger partial charge in [0.05, 0.1) is 6.04 Å². The highest BCUT2D eigenvalue weighted by Crippen LogP contribution is 2.31. The minimum absolute atomic E-state index is 0.119. The summed E-state index contributed by atoms with van der Waals surface area (Å²) < 4.78 is 13.2. The van der Waals surface area contributed by atoms with Crippen LogP contribution in [-0.4, -0.2) is 22.3 Å². The van der Waals surface area contributed by atoms with Crippen molar-refractivity contribution in [1.29, 1.82) is 0 Å². The number of carbonyl (C=O) groups excluding carboxylic acids is 1. The first-order valence-electron chi connectivity index (χ1n) is 8.77. The minimum Gasteiger partial charge on any atom is -0.331 e. The van der Waals surface area contributed by atoms with Gasteiger partial charge in [-0.1, -0.05) is 26.0 Å². The number of nitrogens with zero attached hydrogens (tertiary/aromatic N) is 1. The Morgan fingerprint density at radius 1 is 1.16 bits per heavy atom. The second kappa shape index (κ2) is 7.21. The highest BCUT2D eigenvalue weighted by Gasteiger charge is 2.30. The standard InChI is InChI=1S/C20H23FN2O2/c1-13(2)17-11-10-16(19(24)22-17)20(25)23-12-4-3-5-18(23)14-6-8-15(21)9-7-14/h6-11,13,18H,3-5,12H2,1-2H3,(H,22,24)/t18-/m0/s1. The van der Waals surface area contributed by atoms with Gasteiger partial charge in [-0.05, 0) is 55.0 Å². The summed E-state index contributed by atoms with van der Waals surface area (Å²) in [5.74, 6) is -0.359. The molecule has 3 rings (SSSR count). The Labute approximate surface area is 146 Å². The van der Waals surface area contributed by atoms with Crippen LogP contribution in [0.15, 0.2) is 41.2 Å². The Balaban J connectivity index is 1.91. The zero-order valence-corrected chi connectivity index (χ0v) is 14.6. The molecule has 1 aromatic heterocycles. The Morgan fingerprint density at radius 3 is 2.52 bits per heavy atom. The number of hydrogen-bond acceptors (Lipinski definition) is 2. The number of pyridine rings is 1. The van der Waals surface area contributed by atoms with Gasteiger partial charge in [-0.3, -0.25) is 9.59 Å². The number of nitrogens with one attached hydrogen (secondary N) is 1. The van der Waals surface area contributed by atoms with Crippen LogP contribution in [0.2, 0.25) is 0 Å². The van der Waals surface area contributed by atoms with E-state index in [9.17, 15) is 14.0 Å². The molecule has 4 nitrogen and oxygen atoms in total.